The zero-order valence-corrected chi connectivity index (χ0v) is 14.5. The van der Waals surface area contributed by atoms with Crippen LogP contribution in [0.3, 0.4) is 0 Å². The van der Waals surface area contributed by atoms with Crippen molar-refractivity contribution in [1.82, 2.24) is 0 Å². The second-order valence-electron chi connectivity index (χ2n) is 5.92. The Balaban J connectivity index is 1.80. The highest BCUT2D eigenvalue weighted by atomic mass is 35.5. The molecule has 1 aliphatic rings. The average molecular weight is 352 g/mol. The van der Waals surface area contributed by atoms with Gasteiger partial charge < -0.3 is 14.8 Å². The summed E-state index contributed by atoms with van der Waals surface area (Å²) in [6.07, 6.45) is -0.513. The lowest BCUT2D eigenvalue weighted by atomic mass is 9.97. The molecule has 0 fully saturated rings. The summed E-state index contributed by atoms with van der Waals surface area (Å²) in [4.78, 5) is 0. The summed E-state index contributed by atoms with van der Waals surface area (Å²) < 4.78 is 11.9. The Bertz CT molecular complexity index is 882. The Morgan fingerprint density at radius 2 is 1.68 bits per heavy atom. The van der Waals surface area contributed by atoms with Crippen molar-refractivity contribution in [3.05, 3.63) is 94.5 Å². The zero-order valence-electron chi connectivity index (χ0n) is 13.8. The molecule has 1 aliphatic heterocycles. The van der Waals surface area contributed by atoms with Crippen LogP contribution in [-0.4, -0.2) is 7.11 Å². The normalized spacial score (nSPS) is 19.0. The van der Waals surface area contributed by atoms with Gasteiger partial charge in [-0.05, 0) is 29.8 Å². The number of nitrogens with one attached hydrogen (secondary N) is 1. The van der Waals surface area contributed by atoms with Crippen LogP contribution in [0.15, 0.2) is 72.8 Å². The first-order valence-electron chi connectivity index (χ1n) is 8.15. The summed E-state index contributed by atoms with van der Waals surface area (Å²) in [6.45, 7) is 0. The molecular formula is C21H18ClNO2. The smallest absolute Gasteiger partial charge is 0.158 e. The highest BCUT2D eigenvalue weighted by molar-refractivity contribution is 6.30. The molecule has 0 radical (unpaired) electrons. The molecule has 0 spiro atoms. The second-order valence-corrected chi connectivity index (χ2v) is 6.36. The standard InChI is InChI=1S/C21H18ClNO2/c1-24-19-10-6-5-9-16(19)21-23-18-12-11-15(22)13-17(18)20(25-21)14-7-3-2-4-8-14/h2-13,20-21,23H,1H3/t20-,21-/m1/s1. The van der Waals surface area contributed by atoms with Gasteiger partial charge in [-0.2, -0.15) is 0 Å². The van der Waals surface area contributed by atoms with Gasteiger partial charge >= 0.3 is 0 Å². The summed E-state index contributed by atoms with van der Waals surface area (Å²) in [7, 11) is 1.67. The van der Waals surface area contributed by atoms with Crippen molar-refractivity contribution < 1.29 is 9.47 Å². The number of fused-ring (bicyclic) bond motifs is 1. The van der Waals surface area contributed by atoms with Gasteiger partial charge in [0.25, 0.3) is 0 Å². The molecule has 126 valence electrons. The van der Waals surface area contributed by atoms with E-state index in [0.29, 0.717) is 5.02 Å². The number of anilines is 1. The van der Waals surface area contributed by atoms with Crippen molar-refractivity contribution in [2.24, 2.45) is 0 Å². The summed E-state index contributed by atoms with van der Waals surface area (Å²) in [5, 5.41) is 4.15. The van der Waals surface area contributed by atoms with E-state index in [1.807, 2.05) is 60.7 Å². The molecule has 2 atom stereocenters. The van der Waals surface area contributed by atoms with E-state index in [2.05, 4.69) is 17.4 Å². The summed E-state index contributed by atoms with van der Waals surface area (Å²) in [6, 6.07) is 23.9. The number of methoxy groups -OCH3 is 1. The fourth-order valence-electron chi connectivity index (χ4n) is 3.19. The molecule has 4 heteroatoms. The number of benzene rings is 3. The molecular weight excluding hydrogens is 334 g/mol. The molecule has 0 aromatic heterocycles. The average Bonchev–Trinajstić information content (AvgIpc) is 2.68. The molecule has 1 heterocycles. The van der Waals surface area contributed by atoms with Gasteiger partial charge in [-0.3, -0.25) is 0 Å². The topological polar surface area (TPSA) is 30.5 Å². The Kier molecular flexibility index (Phi) is 4.35. The molecule has 0 saturated heterocycles. The SMILES string of the molecule is COc1ccccc1[C@@H]1Nc2ccc(Cl)cc2[C@@H](c2ccccc2)O1. The van der Waals surface area contributed by atoms with Gasteiger partial charge in [0.1, 0.15) is 11.9 Å². The van der Waals surface area contributed by atoms with E-state index in [9.17, 15) is 0 Å². The van der Waals surface area contributed by atoms with Gasteiger partial charge in [0.05, 0.1) is 7.11 Å². The highest BCUT2D eigenvalue weighted by Gasteiger charge is 2.30. The molecule has 0 aliphatic carbocycles. The fourth-order valence-corrected chi connectivity index (χ4v) is 3.37. The van der Waals surface area contributed by atoms with E-state index in [1.165, 1.54) is 0 Å². The van der Waals surface area contributed by atoms with Crippen LogP contribution in [0.1, 0.15) is 29.0 Å². The van der Waals surface area contributed by atoms with Crippen LogP contribution >= 0.6 is 11.6 Å². The second kappa shape index (κ2) is 6.79. The Morgan fingerprint density at radius 1 is 0.920 bits per heavy atom. The van der Waals surface area contributed by atoms with Crippen molar-refractivity contribution in [3.63, 3.8) is 0 Å². The summed E-state index contributed by atoms with van der Waals surface area (Å²) >= 11 is 6.23. The third-order valence-corrected chi connectivity index (χ3v) is 4.61. The van der Waals surface area contributed by atoms with Crippen LogP contribution in [0, 0.1) is 0 Å². The third-order valence-electron chi connectivity index (χ3n) is 4.38. The molecule has 25 heavy (non-hydrogen) atoms. The fraction of sp³-hybridized carbons (Fsp3) is 0.143. The number of ether oxygens (including phenoxy) is 2. The van der Waals surface area contributed by atoms with Crippen LogP contribution in [0.25, 0.3) is 0 Å². The maximum atomic E-state index is 6.43. The van der Waals surface area contributed by atoms with Gasteiger partial charge in [-0.15, -0.1) is 0 Å². The Morgan fingerprint density at radius 3 is 2.48 bits per heavy atom. The minimum Gasteiger partial charge on any atom is -0.496 e. The lowest BCUT2D eigenvalue weighted by molar-refractivity contribution is 0.0145. The number of halogens is 1. The first-order chi connectivity index (χ1) is 12.3. The van der Waals surface area contributed by atoms with E-state index < -0.39 is 0 Å². The van der Waals surface area contributed by atoms with E-state index >= 15 is 0 Å². The first-order valence-corrected chi connectivity index (χ1v) is 8.53. The number of hydrogen-bond donors (Lipinski definition) is 1. The molecule has 4 rings (SSSR count). The predicted octanol–water partition coefficient (Wildman–Crippen LogP) is 5.58. The van der Waals surface area contributed by atoms with Gasteiger partial charge in [0, 0.05) is 21.8 Å². The Hall–Kier alpha value is -2.49. The number of rotatable bonds is 3. The maximum Gasteiger partial charge on any atom is 0.158 e. The van der Waals surface area contributed by atoms with Crippen molar-refractivity contribution in [1.29, 1.82) is 0 Å². The molecule has 3 aromatic carbocycles. The van der Waals surface area contributed by atoms with Crippen molar-refractivity contribution in [2.45, 2.75) is 12.3 Å². The molecule has 0 bridgehead atoms. The minimum atomic E-state index is -0.310. The minimum absolute atomic E-state index is 0.203. The van der Waals surface area contributed by atoms with Gasteiger partial charge in [0.15, 0.2) is 6.23 Å². The van der Waals surface area contributed by atoms with E-state index in [4.69, 9.17) is 21.1 Å². The van der Waals surface area contributed by atoms with E-state index in [-0.39, 0.29) is 12.3 Å². The lowest BCUT2D eigenvalue weighted by Crippen LogP contribution is -2.25. The van der Waals surface area contributed by atoms with E-state index in [1.54, 1.807) is 7.11 Å². The van der Waals surface area contributed by atoms with Crippen LogP contribution in [0.4, 0.5) is 5.69 Å². The van der Waals surface area contributed by atoms with Gasteiger partial charge in [-0.1, -0.05) is 60.1 Å². The Labute approximate surface area is 152 Å². The zero-order chi connectivity index (χ0) is 17.2. The number of para-hydroxylation sites is 1. The summed E-state index contributed by atoms with van der Waals surface area (Å²) in [5.74, 6) is 0.796. The molecule has 3 nitrogen and oxygen atoms in total. The van der Waals surface area contributed by atoms with Crippen molar-refractivity contribution in [2.75, 3.05) is 12.4 Å². The molecule has 0 amide bonds. The van der Waals surface area contributed by atoms with Crippen molar-refractivity contribution in [3.8, 4) is 5.75 Å². The highest BCUT2D eigenvalue weighted by Crippen LogP contribution is 2.43. The molecule has 0 unspecified atom stereocenters. The number of hydrogen-bond acceptors (Lipinski definition) is 3. The van der Waals surface area contributed by atoms with E-state index in [0.717, 1.165) is 28.1 Å². The van der Waals surface area contributed by atoms with Crippen LogP contribution in [0.5, 0.6) is 5.75 Å². The quantitative estimate of drug-likeness (QED) is 0.668. The van der Waals surface area contributed by atoms with Crippen molar-refractivity contribution >= 4 is 17.3 Å². The maximum absolute atomic E-state index is 6.43. The van der Waals surface area contributed by atoms with Crippen LogP contribution in [0.2, 0.25) is 5.02 Å². The van der Waals surface area contributed by atoms with Gasteiger partial charge in [0.2, 0.25) is 0 Å². The third kappa shape index (κ3) is 3.09. The molecule has 1 N–H and O–H groups in total. The lowest BCUT2D eigenvalue weighted by Gasteiger charge is -2.34. The largest absolute Gasteiger partial charge is 0.496 e. The van der Waals surface area contributed by atoms with Crippen LogP contribution < -0.4 is 10.1 Å². The molecule has 3 aromatic rings. The summed E-state index contributed by atoms with van der Waals surface area (Å²) in [5.41, 5.74) is 4.10. The monoisotopic (exact) mass is 351 g/mol. The van der Waals surface area contributed by atoms with Crippen LogP contribution in [-0.2, 0) is 4.74 Å². The predicted molar refractivity (Wildman–Crippen MR) is 100 cm³/mol. The molecule has 0 saturated carbocycles. The first kappa shape index (κ1) is 16.0. The van der Waals surface area contributed by atoms with Gasteiger partial charge in [-0.25, -0.2) is 0 Å².